The third-order valence-corrected chi connectivity index (χ3v) is 8.90. The average Bonchev–Trinajstić information content (AvgIpc) is 2.99. The molecular weight excluding hydrogens is 558 g/mol. The van der Waals surface area contributed by atoms with Gasteiger partial charge < -0.3 is 10.2 Å². The molecule has 1 N–H and O–H groups in total. The zero-order chi connectivity index (χ0) is 29.4. The van der Waals surface area contributed by atoms with Crippen LogP contribution in [0.3, 0.4) is 0 Å². The highest BCUT2D eigenvalue weighted by Gasteiger charge is 2.34. The van der Waals surface area contributed by atoms with Gasteiger partial charge in [0, 0.05) is 25.0 Å². The Morgan fingerprint density at radius 3 is 2.02 bits per heavy atom. The SMILES string of the molecule is CNC(=O)[C@@H](Cc1ccccc1)N(Cc1ccccc1Cl)C(=O)CN(c1ccccc1)S(=O)(=O)c1ccc(C)cc1. The van der Waals surface area contributed by atoms with Gasteiger partial charge in [0.05, 0.1) is 10.6 Å². The van der Waals surface area contributed by atoms with E-state index in [0.29, 0.717) is 16.3 Å². The van der Waals surface area contributed by atoms with Crippen LogP contribution in [0.1, 0.15) is 16.7 Å². The summed E-state index contributed by atoms with van der Waals surface area (Å²) >= 11 is 6.47. The highest BCUT2D eigenvalue weighted by atomic mass is 35.5. The minimum atomic E-state index is -4.13. The molecule has 4 aromatic carbocycles. The summed E-state index contributed by atoms with van der Waals surface area (Å²) in [6, 6.07) is 30.4. The molecule has 2 amide bonds. The monoisotopic (exact) mass is 589 g/mol. The van der Waals surface area contributed by atoms with Crippen LogP contribution in [0.15, 0.2) is 114 Å². The topological polar surface area (TPSA) is 86.8 Å². The predicted molar refractivity (Wildman–Crippen MR) is 162 cm³/mol. The molecule has 0 aromatic heterocycles. The predicted octanol–water partition coefficient (Wildman–Crippen LogP) is 5.23. The number of anilines is 1. The second kappa shape index (κ2) is 13.5. The summed E-state index contributed by atoms with van der Waals surface area (Å²) in [6.07, 6.45) is 0.229. The Kier molecular flexibility index (Phi) is 9.81. The number of halogens is 1. The lowest BCUT2D eigenvalue weighted by Gasteiger charge is -2.33. The van der Waals surface area contributed by atoms with Crippen molar-refractivity contribution in [2.75, 3.05) is 17.9 Å². The number of nitrogens with zero attached hydrogens (tertiary/aromatic N) is 2. The number of carbonyl (C=O) groups excluding carboxylic acids is 2. The number of para-hydroxylation sites is 1. The van der Waals surface area contributed by atoms with Crippen molar-refractivity contribution in [1.82, 2.24) is 10.2 Å². The van der Waals surface area contributed by atoms with Crippen LogP contribution in [0.5, 0.6) is 0 Å². The first-order chi connectivity index (χ1) is 19.7. The van der Waals surface area contributed by atoms with Gasteiger partial charge in [0.15, 0.2) is 0 Å². The molecule has 0 heterocycles. The normalized spacial score (nSPS) is 11.9. The molecule has 0 aliphatic heterocycles. The number of amides is 2. The number of nitrogens with one attached hydrogen (secondary N) is 1. The van der Waals surface area contributed by atoms with Gasteiger partial charge >= 0.3 is 0 Å². The van der Waals surface area contributed by atoms with Gasteiger partial charge in [-0.1, -0.05) is 96.0 Å². The molecule has 0 aliphatic carbocycles. The first kappa shape index (κ1) is 29.8. The summed E-state index contributed by atoms with van der Waals surface area (Å²) in [7, 11) is -2.62. The van der Waals surface area contributed by atoms with E-state index in [2.05, 4.69) is 5.32 Å². The van der Waals surface area contributed by atoms with Crippen molar-refractivity contribution in [3.63, 3.8) is 0 Å². The zero-order valence-corrected chi connectivity index (χ0v) is 24.5. The van der Waals surface area contributed by atoms with Gasteiger partial charge in [-0.15, -0.1) is 0 Å². The Morgan fingerprint density at radius 1 is 0.829 bits per heavy atom. The van der Waals surface area contributed by atoms with Gasteiger partial charge in [-0.3, -0.25) is 13.9 Å². The second-order valence-electron chi connectivity index (χ2n) is 9.59. The Morgan fingerprint density at radius 2 is 1.41 bits per heavy atom. The van der Waals surface area contributed by atoms with E-state index in [1.54, 1.807) is 66.7 Å². The fraction of sp³-hybridized carbons (Fsp3) is 0.188. The standard InChI is InChI=1S/C32H32ClN3O4S/c1-24-17-19-28(20-18-24)41(39,40)36(27-14-7-4-8-15-27)23-31(37)35(22-26-13-9-10-16-29(26)33)30(32(38)34-2)21-25-11-5-3-6-12-25/h3-20,30H,21-23H2,1-2H3,(H,34,38)/t30-/m1/s1. The van der Waals surface area contributed by atoms with Gasteiger partial charge in [-0.05, 0) is 48.4 Å². The Hall–Kier alpha value is -4.14. The molecule has 4 rings (SSSR count). The van der Waals surface area contributed by atoms with Crippen LogP contribution in [-0.2, 0) is 32.6 Å². The molecule has 7 nitrogen and oxygen atoms in total. The van der Waals surface area contributed by atoms with E-state index >= 15 is 0 Å². The fourth-order valence-electron chi connectivity index (χ4n) is 4.49. The number of benzene rings is 4. The van der Waals surface area contributed by atoms with Gasteiger partial charge in [0.1, 0.15) is 12.6 Å². The summed E-state index contributed by atoms with van der Waals surface area (Å²) in [5, 5.41) is 3.11. The van der Waals surface area contributed by atoms with Crippen LogP contribution >= 0.6 is 11.6 Å². The first-order valence-corrected chi connectivity index (χ1v) is 15.0. The van der Waals surface area contributed by atoms with Crippen molar-refractivity contribution in [2.45, 2.75) is 30.8 Å². The van der Waals surface area contributed by atoms with Crippen molar-refractivity contribution in [1.29, 1.82) is 0 Å². The maximum atomic E-state index is 14.2. The number of aryl methyl sites for hydroxylation is 1. The van der Waals surface area contributed by atoms with Crippen LogP contribution in [0.25, 0.3) is 0 Å². The van der Waals surface area contributed by atoms with E-state index in [1.165, 1.54) is 24.1 Å². The number of carbonyl (C=O) groups is 2. The number of rotatable bonds is 11. The maximum Gasteiger partial charge on any atom is 0.264 e. The maximum absolute atomic E-state index is 14.2. The third kappa shape index (κ3) is 7.34. The van der Waals surface area contributed by atoms with Gasteiger partial charge in [-0.2, -0.15) is 0 Å². The fourth-order valence-corrected chi connectivity index (χ4v) is 6.10. The lowest BCUT2D eigenvalue weighted by Crippen LogP contribution is -2.53. The Labute approximate surface area is 246 Å². The summed E-state index contributed by atoms with van der Waals surface area (Å²) in [4.78, 5) is 29.0. The van der Waals surface area contributed by atoms with E-state index < -0.39 is 28.5 Å². The molecular formula is C32H32ClN3O4S. The lowest BCUT2D eigenvalue weighted by atomic mass is 10.0. The van der Waals surface area contributed by atoms with E-state index in [1.807, 2.05) is 37.3 Å². The van der Waals surface area contributed by atoms with Gasteiger partial charge in [0.25, 0.3) is 10.0 Å². The lowest BCUT2D eigenvalue weighted by molar-refractivity contribution is -0.139. The largest absolute Gasteiger partial charge is 0.357 e. The number of likely N-dealkylation sites (N-methyl/N-ethyl adjacent to an activating group) is 1. The highest BCUT2D eigenvalue weighted by molar-refractivity contribution is 7.92. The molecule has 41 heavy (non-hydrogen) atoms. The average molecular weight is 590 g/mol. The van der Waals surface area contributed by atoms with Crippen molar-refractivity contribution >= 4 is 39.1 Å². The summed E-state index contributed by atoms with van der Waals surface area (Å²) in [5.41, 5.74) is 2.73. The molecule has 0 saturated heterocycles. The molecule has 0 aliphatic rings. The van der Waals surface area contributed by atoms with Crippen molar-refractivity contribution in [3.05, 3.63) is 131 Å². The van der Waals surface area contributed by atoms with Crippen molar-refractivity contribution in [2.24, 2.45) is 0 Å². The number of hydrogen-bond donors (Lipinski definition) is 1. The van der Waals surface area contributed by atoms with E-state index in [9.17, 15) is 18.0 Å². The number of sulfonamides is 1. The van der Waals surface area contributed by atoms with E-state index in [-0.39, 0.29) is 23.8 Å². The van der Waals surface area contributed by atoms with Crippen LogP contribution in [0.2, 0.25) is 5.02 Å². The quantitative estimate of drug-likeness (QED) is 0.260. The zero-order valence-electron chi connectivity index (χ0n) is 22.9. The van der Waals surface area contributed by atoms with Crippen molar-refractivity contribution in [3.8, 4) is 0 Å². The summed E-state index contributed by atoms with van der Waals surface area (Å²) in [5.74, 6) is -0.920. The molecule has 212 valence electrons. The molecule has 0 bridgehead atoms. The Bertz CT molecular complexity index is 1580. The van der Waals surface area contributed by atoms with Crippen LogP contribution in [0.4, 0.5) is 5.69 Å². The molecule has 0 fully saturated rings. The van der Waals surface area contributed by atoms with Crippen LogP contribution in [0, 0.1) is 6.92 Å². The molecule has 0 unspecified atom stereocenters. The smallest absolute Gasteiger partial charge is 0.264 e. The Balaban J connectivity index is 1.78. The summed E-state index contributed by atoms with van der Waals surface area (Å²) < 4.78 is 28.9. The van der Waals surface area contributed by atoms with Crippen LogP contribution < -0.4 is 9.62 Å². The number of hydrogen-bond acceptors (Lipinski definition) is 4. The van der Waals surface area contributed by atoms with Crippen molar-refractivity contribution < 1.29 is 18.0 Å². The second-order valence-corrected chi connectivity index (χ2v) is 11.9. The third-order valence-electron chi connectivity index (χ3n) is 6.75. The molecule has 4 aromatic rings. The first-order valence-electron chi connectivity index (χ1n) is 13.1. The molecule has 1 atom stereocenters. The minimum Gasteiger partial charge on any atom is -0.357 e. The van der Waals surface area contributed by atoms with Gasteiger partial charge in [-0.25, -0.2) is 8.42 Å². The van der Waals surface area contributed by atoms with Gasteiger partial charge in [0.2, 0.25) is 11.8 Å². The minimum absolute atomic E-state index is 0.0106. The van der Waals surface area contributed by atoms with E-state index in [0.717, 1.165) is 15.4 Å². The van der Waals surface area contributed by atoms with E-state index in [4.69, 9.17) is 11.6 Å². The molecule has 9 heteroatoms. The molecule has 0 radical (unpaired) electrons. The molecule has 0 spiro atoms. The molecule has 0 saturated carbocycles. The summed E-state index contributed by atoms with van der Waals surface area (Å²) in [6.45, 7) is 1.36. The van der Waals surface area contributed by atoms with Crippen LogP contribution in [-0.4, -0.2) is 44.8 Å². The highest BCUT2D eigenvalue weighted by Crippen LogP contribution is 2.26.